The molecule has 0 spiro atoms. The Morgan fingerprint density at radius 1 is 1.04 bits per heavy atom. The number of amides is 1. The number of hydrogen-bond acceptors (Lipinski definition) is 1. The summed E-state index contributed by atoms with van der Waals surface area (Å²) in [5.74, 6) is -0.0681. The molecule has 1 aromatic rings. The Labute approximate surface area is 157 Å². The van der Waals surface area contributed by atoms with Gasteiger partial charge in [0.05, 0.1) is 0 Å². The summed E-state index contributed by atoms with van der Waals surface area (Å²) in [6, 6.07) is 7.75. The third-order valence-corrected chi connectivity index (χ3v) is 4.37. The van der Waals surface area contributed by atoms with Gasteiger partial charge in [-0.05, 0) is 50.5 Å². The minimum Gasteiger partial charge on any atom is -0.334 e. The van der Waals surface area contributed by atoms with Gasteiger partial charge in [-0.15, -0.1) is 0 Å². The van der Waals surface area contributed by atoms with E-state index in [9.17, 15) is 4.79 Å². The van der Waals surface area contributed by atoms with Crippen LogP contribution in [0.4, 0.5) is 0 Å². The van der Waals surface area contributed by atoms with Crippen LogP contribution in [-0.4, -0.2) is 5.91 Å². The lowest BCUT2D eigenvalue weighted by Gasteiger charge is -2.33. The molecule has 0 bridgehead atoms. The van der Waals surface area contributed by atoms with Crippen molar-refractivity contribution in [2.75, 3.05) is 0 Å². The number of rotatable bonds is 6. The van der Waals surface area contributed by atoms with Gasteiger partial charge >= 0.3 is 0 Å². The molecule has 2 nitrogen and oxygen atoms in total. The van der Waals surface area contributed by atoms with Crippen molar-refractivity contribution in [1.82, 2.24) is 5.32 Å². The molecule has 26 heavy (non-hydrogen) atoms. The molecule has 0 saturated heterocycles. The fraction of sp³-hybridized carbons (Fsp3) is 0.208. The SMILES string of the molecule is C=C/C(=C\C=C/C)C1(C(/C=C\C)=C/C=C(C)C)NC(=O)c2ccccc21. The summed E-state index contributed by atoms with van der Waals surface area (Å²) in [4.78, 5) is 12.8. The van der Waals surface area contributed by atoms with E-state index in [-0.39, 0.29) is 5.91 Å². The number of allylic oxidation sites excluding steroid dienone is 7. The largest absolute Gasteiger partial charge is 0.334 e. The van der Waals surface area contributed by atoms with E-state index in [1.807, 2.05) is 68.5 Å². The maximum absolute atomic E-state index is 12.8. The van der Waals surface area contributed by atoms with Gasteiger partial charge in [0.25, 0.3) is 5.91 Å². The van der Waals surface area contributed by atoms with E-state index in [1.54, 1.807) is 0 Å². The van der Waals surface area contributed by atoms with Crippen LogP contribution >= 0.6 is 0 Å². The standard InChI is InChI=1S/C24H27NO/c1-6-9-13-19(8-3)24(20(12-7-2)17-16-18(4)5)22-15-11-10-14-21(22)23(26)25-24/h6-17H,3H2,1-2,4-5H3,(H,25,26)/b9-6-,12-7-,19-13+,20-17+. The van der Waals surface area contributed by atoms with Gasteiger partial charge in [0.15, 0.2) is 0 Å². The predicted octanol–water partition coefficient (Wildman–Crippen LogP) is 5.78. The van der Waals surface area contributed by atoms with Crippen molar-refractivity contribution in [2.24, 2.45) is 0 Å². The van der Waals surface area contributed by atoms with Crippen LogP contribution in [0.1, 0.15) is 43.6 Å². The first-order valence-corrected chi connectivity index (χ1v) is 8.87. The molecule has 1 atom stereocenters. The summed E-state index contributed by atoms with van der Waals surface area (Å²) >= 11 is 0. The number of nitrogens with one attached hydrogen (secondary N) is 1. The summed E-state index contributed by atoms with van der Waals surface area (Å²) < 4.78 is 0. The number of carbonyl (C=O) groups is 1. The monoisotopic (exact) mass is 345 g/mol. The first kappa shape index (κ1) is 19.5. The minimum absolute atomic E-state index is 0.0681. The van der Waals surface area contributed by atoms with Gasteiger partial charge in [-0.2, -0.15) is 0 Å². The zero-order valence-corrected chi connectivity index (χ0v) is 16.0. The van der Waals surface area contributed by atoms with Gasteiger partial charge in [-0.3, -0.25) is 4.79 Å². The van der Waals surface area contributed by atoms with Crippen molar-refractivity contribution in [2.45, 2.75) is 33.2 Å². The quantitative estimate of drug-likeness (QED) is 0.650. The second kappa shape index (κ2) is 8.48. The highest BCUT2D eigenvalue weighted by atomic mass is 16.2. The fourth-order valence-electron chi connectivity index (χ4n) is 3.22. The number of hydrogen-bond donors (Lipinski definition) is 1. The van der Waals surface area contributed by atoms with Gasteiger partial charge in [-0.25, -0.2) is 0 Å². The molecule has 1 unspecified atom stereocenters. The zero-order valence-electron chi connectivity index (χ0n) is 16.0. The van der Waals surface area contributed by atoms with Gasteiger partial charge in [0.1, 0.15) is 5.54 Å². The topological polar surface area (TPSA) is 29.1 Å². The van der Waals surface area contributed by atoms with E-state index in [4.69, 9.17) is 0 Å². The molecular formula is C24H27NO. The molecule has 1 N–H and O–H groups in total. The molecule has 2 heteroatoms. The molecule has 1 aromatic carbocycles. The van der Waals surface area contributed by atoms with E-state index in [1.165, 1.54) is 5.57 Å². The highest BCUT2D eigenvalue weighted by molar-refractivity contribution is 6.02. The van der Waals surface area contributed by atoms with Crippen LogP contribution in [0, 0.1) is 0 Å². The Hall–Kier alpha value is -2.87. The Bertz CT molecular complexity index is 845. The minimum atomic E-state index is -0.757. The lowest BCUT2D eigenvalue weighted by atomic mass is 9.76. The van der Waals surface area contributed by atoms with E-state index in [0.29, 0.717) is 5.56 Å². The molecule has 0 fully saturated rings. The maximum atomic E-state index is 12.8. The first-order valence-electron chi connectivity index (χ1n) is 8.87. The van der Waals surface area contributed by atoms with Gasteiger partial charge in [-0.1, -0.05) is 79.0 Å². The predicted molar refractivity (Wildman–Crippen MR) is 111 cm³/mol. The van der Waals surface area contributed by atoms with E-state index in [2.05, 4.69) is 44.0 Å². The van der Waals surface area contributed by atoms with E-state index < -0.39 is 5.54 Å². The van der Waals surface area contributed by atoms with Crippen molar-refractivity contribution in [3.8, 4) is 0 Å². The maximum Gasteiger partial charge on any atom is 0.252 e. The van der Waals surface area contributed by atoms with Crippen LogP contribution in [0.25, 0.3) is 0 Å². The molecule has 0 aliphatic carbocycles. The molecule has 2 rings (SSSR count). The molecule has 1 aliphatic rings. The number of carbonyl (C=O) groups excluding carboxylic acids is 1. The van der Waals surface area contributed by atoms with Gasteiger partial charge in [0, 0.05) is 5.56 Å². The highest BCUT2D eigenvalue weighted by Gasteiger charge is 2.46. The highest BCUT2D eigenvalue weighted by Crippen LogP contribution is 2.44. The summed E-state index contributed by atoms with van der Waals surface area (Å²) in [7, 11) is 0. The van der Waals surface area contributed by atoms with Crippen molar-refractivity contribution in [3.05, 3.63) is 107 Å². The lowest BCUT2D eigenvalue weighted by Crippen LogP contribution is -2.42. The summed E-state index contributed by atoms with van der Waals surface area (Å²) in [6.07, 6.45) is 16.0. The van der Waals surface area contributed by atoms with Crippen LogP contribution in [0.15, 0.2) is 96.2 Å². The molecule has 0 radical (unpaired) electrons. The van der Waals surface area contributed by atoms with Crippen LogP contribution in [0.2, 0.25) is 0 Å². The van der Waals surface area contributed by atoms with Gasteiger partial charge in [0.2, 0.25) is 0 Å². The van der Waals surface area contributed by atoms with Crippen molar-refractivity contribution >= 4 is 5.91 Å². The smallest absolute Gasteiger partial charge is 0.252 e. The van der Waals surface area contributed by atoms with E-state index >= 15 is 0 Å². The average Bonchev–Trinajstić information content (AvgIpc) is 2.93. The van der Waals surface area contributed by atoms with Gasteiger partial charge < -0.3 is 5.32 Å². The van der Waals surface area contributed by atoms with E-state index in [0.717, 1.165) is 16.7 Å². The lowest BCUT2D eigenvalue weighted by molar-refractivity contribution is 0.0948. The van der Waals surface area contributed by atoms with Crippen molar-refractivity contribution < 1.29 is 4.79 Å². The normalized spacial score (nSPS) is 20.4. The van der Waals surface area contributed by atoms with Crippen LogP contribution in [-0.2, 0) is 5.54 Å². The van der Waals surface area contributed by atoms with Crippen LogP contribution in [0.3, 0.4) is 0 Å². The third-order valence-electron chi connectivity index (χ3n) is 4.37. The molecule has 1 aliphatic heterocycles. The Morgan fingerprint density at radius 3 is 2.38 bits per heavy atom. The molecule has 0 saturated carbocycles. The first-order chi connectivity index (χ1) is 12.5. The molecule has 1 amide bonds. The summed E-state index contributed by atoms with van der Waals surface area (Å²) in [6.45, 7) is 12.1. The second-order valence-electron chi connectivity index (χ2n) is 6.47. The van der Waals surface area contributed by atoms with Crippen LogP contribution < -0.4 is 5.32 Å². The fourth-order valence-corrected chi connectivity index (χ4v) is 3.22. The average molecular weight is 345 g/mol. The Balaban J connectivity index is 2.88. The molecular weight excluding hydrogens is 318 g/mol. The van der Waals surface area contributed by atoms with Crippen LogP contribution in [0.5, 0.6) is 0 Å². The summed E-state index contributed by atoms with van der Waals surface area (Å²) in [5.41, 5.74) is 4.02. The second-order valence-corrected chi connectivity index (χ2v) is 6.47. The molecule has 1 heterocycles. The Kier molecular flexibility index (Phi) is 6.35. The molecule has 134 valence electrons. The molecule has 0 aromatic heterocycles. The van der Waals surface area contributed by atoms with Crippen molar-refractivity contribution in [3.63, 3.8) is 0 Å². The van der Waals surface area contributed by atoms with Crippen molar-refractivity contribution in [1.29, 1.82) is 0 Å². The summed E-state index contributed by atoms with van der Waals surface area (Å²) in [5, 5.41) is 3.24. The number of benzene rings is 1. The Morgan fingerprint density at radius 2 is 1.77 bits per heavy atom. The third kappa shape index (κ3) is 3.55. The number of fused-ring (bicyclic) bond motifs is 1. The zero-order chi connectivity index (χ0) is 19.2.